The first-order chi connectivity index (χ1) is 13.2. The molecule has 0 bridgehead atoms. The minimum Gasteiger partial charge on any atom is -0.355 e. The van der Waals surface area contributed by atoms with E-state index in [1.54, 1.807) is 0 Å². The number of amides is 2. The van der Waals surface area contributed by atoms with E-state index in [-0.39, 0.29) is 17.9 Å². The summed E-state index contributed by atoms with van der Waals surface area (Å²) < 4.78 is 0. The first-order valence-corrected chi connectivity index (χ1v) is 11.2. The predicted octanol–water partition coefficient (Wildman–Crippen LogP) is 2.96. The second kappa shape index (κ2) is 10.7. The Kier molecular flexibility index (Phi) is 8.02. The molecule has 2 aliphatic rings. The molecule has 2 amide bonds. The highest BCUT2D eigenvalue weighted by Gasteiger charge is 2.19. The number of piperidine rings is 1. The van der Waals surface area contributed by atoms with Crippen LogP contribution in [0.15, 0.2) is 29.2 Å². The Labute approximate surface area is 166 Å². The van der Waals surface area contributed by atoms with E-state index < -0.39 is 0 Å². The highest BCUT2D eigenvalue weighted by Crippen LogP contribution is 2.24. The molecule has 5 nitrogen and oxygen atoms in total. The van der Waals surface area contributed by atoms with E-state index in [9.17, 15) is 9.59 Å². The van der Waals surface area contributed by atoms with Gasteiger partial charge in [-0.2, -0.15) is 0 Å². The minimum absolute atomic E-state index is 0.0468. The van der Waals surface area contributed by atoms with Crippen molar-refractivity contribution in [3.05, 3.63) is 29.8 Å². The molecule has 3 N–H and O–H groups in total. The molecule has 1 aromatic carbocycles. The van der Waals surface area contributed by atoms with Gasteiger partial charge in [-0.15, -0.1) is 11.8 Å². The fourth-order valence-electron chi connectivity index (χ4n) is 3.86. The lowest BCUT2D eigenvalue weighted by Gasteiger charge is -2.24. The van der Waals surface area contributed by atoms with Gasteiger partial charge >= 0.3 is 0 Å². The second-order valence-corrected chi connectivity index (χ2v) is 8.63. The molecule has 1 atom stereocenters. The Morgan fingerprint density at radius 1 is 1.07 bits per heavy atom. The standard InChI is InChI=1S/C21H31N3O2S/c25-20(23-13-16-7-2-1-3-8-16)15-27-19-11-5-4-10-18(19)21(26)24-17-9-6-12-22-14-17/h4-5,10-11,16-17,22H,1-3,6-9,12-15H2,(H,23,25)(H,24,26). The lowest BCUT2D eigenvalue weighted by atomic mass is 9.89. The number of hydrogen-bond acceptors (Lipinski definition) is 4. The number of hydrogen-bond donors (Lipinski definition) is 3. The van der Waals surface area contributed by atoms with Gasteiger partial charge in [-0.3, -0.25) is 9.59 Å². The van der Waals surface area contributed by atoms with Gasteiger partial charge in [0.25, 0.3) is 5.91 Å². The summed E-state index contributed by atoms with van der Waals surface area (Å²) in [5.41, 5.74) is 0.660. The van der Waals surface area contributed by atoms with Gasteiger partial charge in [0, 0.05) is 24.0 Å². The van der Waals surface area contributed by atoms with Crippen LogP contribution in [0.5, 0.6) is 0 Å². The normalized spacial score (nSPS) is 20.8. The molecule has 27 heavy (non-hydrogen) atoms. The minimum atomic E-state index is -0.0468. The third-order valence-electron chi connectivity index (χ3n) is 5.44. The zero-order valence-corrected chi connectivity index (χ0v) is 16.8. The van der Waals surface area contributed by atoms with E-state index in [1.165, 1.54) is 43.9 Å². The Hall–Kier alpha value is -1.53. The predicted molar refractivity (Wildman–Crippen MR) is 110 cm³/mol. The molecule has 1 aliphatic carbocycles. The van der Waals surface area contributed by atoms with Gasteiger partial charge < -0.3 is 16.0 Å². The van der Waals surface area contributed by atoms with Crippen molar-refractivity contribution < 1.29 is 9.59 Å². The third-order valence-corrected chi connectivity index (χ3v) is 6.51. The first-order valence-electron chi connectivity index (χ1n) is 10.2. The van der Waals surface area contributed by atoms with Gasteiger partial charge in [-0.1, -0.05) is 31.4 Å². The molecule has 1 saturated carbocycles. The molecule has 6 heteroatoms. The molecule has 0 radical (unpaired) electrons. The van der Waals surface area contributed by atoms with Crippen molar-refractivity contribution in [1.82, 2.24) is 16.0 Å². The number of nitrogens with one attached hydrogen (secondary N) is 3. The molecular formula is C21H31N3O2S. The Bertz CT molecular complexity index is 626. The highest BCUT2D eigenvalue weighted by atomic mass is 32.2. The molecule has 1 unspecified atom stereocenters. The molecule has 1 heterocycles. The average Bonchev–Trinajstić information content (AvgIpc) is 2.72. The van der Waals surface area contributed by atoms with E-state index in [2.05, 4.69) is 16.0 Å². The maximum Gasteiger partial charge on any atom is 0.252 e. The van der Waals surface area contributed by atoms with Crippen molar-refractivity contribution in [2.45, 2.75) is 55.9 Å². The molecular weight excluding hydrogens is 358 g/mol. The van der Waals surface area contributed by atoms with Crippen molar-refractivity contribution in [2.75, 3.05) is 25.4 Å². The lowest BCUT2D eigenvalue weighted by Crippen LogP contribution is -2.45. The van der Waals surface area contributed by atoms with E-state index >= 15 is 0 Å². The van der Waals surface area contributed by atoms with Crippen molar-refractivity contribution in [2.24, 2.45) is 5.92 Å². The summed E-state index contributed by atoms with van der Waals surface area (Å²) in [6.45, 7) is 2.63. The van der Waals surface area contributed by atoms with Gasteiger partial charge in [-0.25, -0.2) is 0 Å². The topological polar surface area (TPSA) is 70.2 Å². The van der Waals surface area contributed by atoms with Crippen LogP contribution in [0.3, 0.4) is 0 Å². The van der Waals surface area contributed by atoms with Gasteiger partial charge in [0.1, 0.15) is 0 Å². The van der Waals surface area contributed by atoms with Crippen LogP contribution in [0.1, 0.15) is 55.3 Å². The summed E-state index contributed by atoms with van der Waals surface area (Å²) >= 11 is 1.44. The summed E-state index contributed by atoms with van der Waals surface area (Å²) in [6.07, 6.45) is 8.46. The fourth-order valence-corrected chi connectivity index (χ4v) is 4.74. The summed E-state index contributed by atoms with van der Waals surface area (Å²) in [5.74, 6) is 0.990. The van der Waals surface area contributed by atoms with Crippen LogP contribution in [0.4, 0.5) is 0 Å². The molecule has 1 aliphatic heterocycles. The Morgan fingerprint density at radius 3 is 2.67 bits per heavy atom. The van der Waals surface area contributed by atoms with Crippen molar-refractivity contribution in [1.29, 1.82) is 0 Å². The van der Waals surface area contributed by atoms with Gasteiger partial charge in [0.05, 0.1) is 11.3 Å². The molecule has 148 valence electrons. The van der Waals surface area contributed by atoms with Crippen LogP contribution in [0.25, 0.3) is 0 Å². The number of rotatable bonds is 7. The summed E-state index contributed by atoms with van der Waals surface area (Å²) in [5, 5.41) is 9.50. The first kappa shape index (κ1) is 20.2. The molecule has 0 spiro atoms. The number of benzene rings is 1. The molecule has 1 aromatic rings. The number of thioether (sulfide) groups is 1. The van der Waals surface area contributed by atoms with E-state index in [0.29, 0.717) is 17.2 Å². The van der Waals surface area contributed by atoms with Gasteiger partial charge in [-0.05, 0) is 50.3 Å². The zero-order chi connectivity index (χ0) is 18.9. The average molecular weight is 390 g/mol. The SMILES string of the molecule is O=C(CSc1ccccc1C(=O)NC1CCCNC1)NCC1CCCCC1. The monoisotopic (exact) mass is 389 g/mol. The van der Waals surface area contributed by atoms with Crippen molar-refractivity contribution >= 4 is 23.6 Å². The maximum absolute atomic E-state index is 12.7. The van der Waals surface area contributed by atoms with E-state index in [1.807, 2.05) is 24.3 Å². The fraction of sp³-hybridized carbons (Fsp3) is 0.619. The Balaban J connectivity index is 1.47. The van der Waals surface area contributed by atoms with Crippen LogP contribution >= 0.6 is 11.8 Å². The van der Waals surface area contributed by atoms with Crippen LogP contribution in [-0.2, 0) is 4.79 Å². The molecule has 1 saturated heterocycles. The van der Waals surface area contributed by atoms with E-state index in [4.69, 9.17) is 0 Å². The van der Waals surface area contributed by atoms with Gasteiger partial charge in [0.2, 0.25) is 5.91 Å². The third kappa shape index (κ3) is 6.54. The summed E-state index contributed by atoms with van der Waals surface area (Å²) in [7, 11) is 0. The molecule has 3 rings (SSSR count). The number of carbonyl (C=O) groups is 2. The van der Waals surface area contributed by atoms with Crippen LogP contribution < -0.4 is 16.0 Å². The van der Waals surface area contributed by atoms with Gasteiger partial charge in [0.15, 0.2) is 0 Å². The van der Waals surface area contributed by atoms with Crippen LogP contribution in [0.2, 0.25) is 0 Å². The van der Waals surface area contributed by atoms with Crippen LogP contribution in [-0.4, -0.2) is 43.2 Å². The lowest BCUT2D eigenvalue weighted by molar-refractivity contribution is -0.118. The second-order valence-electron chi connectivity index (χ2n) is 7.61. The largest absolute Gasteiger partial charge is 0.355 e. The summed E-state index contributed by atoms with van der Waals surface area (Å²) in [4.78, 5) is 25.7. The van der Waals surface area contributed by atoms with Crippen molar-refractivity contribution in [3.63, 3.8) is 0 Å². The molecule has 0 aromatic heterocycles. The smallest absolute Gasteiger partial charge is 0.252 e. The quantitative estimate of drug-likeness (QED) is 0.627. The molecule has 2 fully saturated rings. The highest BCUT2D eigenvalue weighted by molar-refractivity contribution is 8.00. The maximum atomic E-state index is 12.7. The summed E-state index contributed by atoms with van der Waals surface area (Å²) in [6, 6.07) is 7.74. The Morgan fingerprint density at radius 2 is 1.89 bits per heavy atom. The van der Waals surface area contributed by atoms with E-state index in [0.717, 1.165) is 37.4 Å². The number of carbonyl (C=O) groups excluding carboxylic acids is 2. The van der Waals surface area contributed by atoms with Crippen LogP contribution in [0, 0.1) is 5.92 Å². The zero-order valence-electron chi connectivity index (χ0n) is 16.0. The van der Waals surface area contributed by atoms with Crippen molar-refractivity contribution in [3.8, 4) is 0 Å².